The van der Waals surface area contributed by atoms with Crippen LogP contribution >= 0.6 is 0 Å². The first-order valence-electron chi connectivity index (χ1n) is 5.14. The van der Waals surface area contributed by atoms with Crippen LogP contribution in [0.1, 0.15) is 32.6 Å². The van der Waals surface area contributed by atoms with Gasteiger partial charge < -0.3 is 10.0 Å². The van der Waals surface area contributed by atoms with Gasteiger partial charge in [0, 0.05) is 13.1 Å². The van der Waals surface area contributed by atoms with Crippen molar-refractivity contribution in [3.05, 3.63) is 0 Å². The van der Waals surface area contributed by atoms with Gasteiger partial charge in [-0.2, -0.15) is 0 Å². The smallest absolute Gasteiger partial charge is 0.254 e. The van der Waals surface area contributed by atoms with Crippen molar-refractivity contribution in [2.75, 3.05) is 13.1 Å². The highest BCUT2D eigenvalue weighted by molar-refractivity contribution is 5.85. The maximum Gasteiger partial charge on any atom is 0.254 e. The number of carbonyl (C=O) groups is 1. The maximum absolute atomic E-state index is 11.8. The molecule has 0 aromatic heterocycles. The molecule has 0 aromatic rings. The van der Waals surface area contributed by atoms with E-state index in [2.05, 4.69) is 0 Å². The molecule has 1 aliphatic heterocycles. The van der Waals surface area contributed by atoms with E-state index in [0.29, 0.717) is 0 Å². The molecule has 1 aliphatic carbocycles. The number of aliphatic hydroxyl groups is 1. The van der Waals surface area contributed by atoms with Crippen LogP contribution in [0.15, 0.2) is 0 Å². The van der Waals surface area contributed by atoms with Crippen LogP contribution in [0.5, 0.6) is 0 Å². The van der Waals surface area contributed by atoms with Crippen LogP contribution in [-0.4, -0.2) is 34.6 Å². The van der Waals surface area contributed by atoms with Gasteiger partial charge in [-0.25, -0.2) is 0 Å². The molecule has 0 spiro atoms. The lowest BCUT2D eigenvalue weighted by Crippen LogP contribution is -2.57. The van der Waals surface area contributed by atoms with Gasteiger partial charge in [-0.05, 0) is 32.1 Å². The Balaban J connectivity index is 1.99. The van der Waals surface area contributed by atoms with E-state index in [9.17, 15) is 9.90 Å². The van der Waals surface area contributed by atoms with E-state index in [1.54, 1.807) is 11.8 Å². The Morgan fingerprint density at radius 3 is 2.31 bits per heavy atom. The normalized spacial score (nSPS) is 27.4. The van der Waals surface area contributed by atoms with Crippen LogP contribution in [0.25, 0.3) is 0 Å². The largest absolute Gasteiger partial charge is 0.380 e. The van der Waals surface area contributed by atoms with Crippen molar-refractivity contribution in [1.82, 2.24) is 4.90 Å². The Morgan fingerprint density at radius 2 is 2.00 bits per heavy atom. The van der Waals surface area contributed by atoms with E-state index in [1.165, 1.54) is 0 Å². The molecule has 1 saturated carbocycles. The molecule has 1 unspecified atom stereocenters. The van der Waals surface area contributed by atoms with Gasteiger partial charge in [0.1, 0.15) is 5.60 Å². The van der Waals surface area contributed by atoms with E-state index in [1.807, 2.05) is 0 Å². The van der Waals surface area contributed by atoms with Crippen LogP contribution in [0.4, 0.5) is 0 Å². The Bertz CT molecular complexity index is 217. The van der Waals surface area contributed by atoms with Gasteiger partial charge in [-0.1, -0.05) is 6.42 Å². The second-order valence-electron chi connectivity index (χ2n) is 4.42. The molecule has 3 heteroatoms. The van der Waals surface area contributed by atoms with Crippen molar-refractivity contribution in [2.24, 2.45) is 5.92 Å². The summed E-state index contributed by atoms with van der Waals surface area (Å²) >= 11 is 0. The Labute approximate surface area is 78.7 Å². The maximum atomic E-state index is 11.8. The van der Waals surface area contributed by atoms with Gasteiger partial charge in [-0.3, -0.25) is 4.79 Å². The molecule has 2 fully saturated rings. The Morgan fingerprint density at radius 1 is 1.38 bits per heavy atom. The molecular weight excluding hydrogens is 166 g/mol. The number of hydrogen-bond acceptors (Lipinski definition) is 2. The minimum absolute atomic E-state index is 0.0524. The van der Waals surface area contributed by atoms with E-state index >= 15 is 0 Å². The number of carbonyl (C=O) groups excluding carboxylic acids is 1. The summed E-state index contributed by atoms with van der Waals surface area (Å²) < 4.78 is 0. The molecule has 1 heterocycles. The molecule has 0 radical (unpaired) electrons. The van der Waals surface area contributed by atoms with Crippen LogP contribution in [-0.2, 0) is 4.79 Å². The zero-order valence-electron chi connectivity index (χ0n) is 8.12. The molecule has 1 N–H and O–H groups in total. The van der Waals surface area contributed by atoms with Crippen LogP contribution in [0.3, 0.4) is 0 Å². The molecule has 2 rings (SSSR count). The van der Waals surface area contributed by atoms with Gasteiger partial charge in [-0.15, -0.1) is 0 Å². The highest BCUT2D eigenvalue weighted by atomic mass is 16.3. The number of amides is 1. The number of hydrogen-bond donors (Lipinski definition) is 1. The monoisotopic (exact) mass is 183 g/mol. The van der Waals surface area contributed by atoms with Crippen molar-refractivity contribution in [3.8, 4) is 0 Å². The Hall–Kier alpha value is -0.570. The van der Waals surface area contributed by atoms with E-state index in [4.69, 9.17) is 0 Å². The molecule has 2 aliphatic rings. The van der Waals surface area contributed by atoms with Crippen LogP contribution < -0.4 is 0 Å². The Kier molecular flexibility index (Phi) is 2.06. The first kappa shape index (κ1) is 9.00. The lowest BCUT2D eigenvalue weighted by atomic mass is 9.73. The molecular formula is C10H17NO2. The van der Waals surface area contributed by atoms with Crippen molar-refractivity contribution >= 4 is 5.91 Å². The van der Waals surface area contributed by atoms with Gasteiger partial charge in [0.05, 0.1) is 0 Å². The molecule has 3 nitrogen and oxygen atoms in total. The summed E-state index contributed by atoms with van der Waals surface area (Å²) in [6.07, 6.45) is 4.26. The van der Waals surface area contributed by atoms with Gasteiger partial charge in [0.15, 0.2) is 0 Å². The topological polar surface area (TPSA) is 40.5 Å². The summed E-state index contributed by atoms with van der Waals surface area (Å²) in [5.41, 5.74) is -1.08. The van der Waals surface area contributed by atoms with Gasteiger partial charge >= 0.3 is 0 Å². The molecule has 13 heavy (non-hydrogen) atoms. The minimum atomic E-state index is -1.08. The minimum Gasteiger partial charge on any atom is -0.380 e. The molecule has 0 aromatic carbocycles. The molecule has 1 saturated heterocycles. The molecule has 1 atom stereocenters. The summed E-state index contributed by atoms with van der Waals surface area (Å²) in [5.74, 6) is 0.157. The fourth-order valence-corrected chi connectivity index (χ4v) is 1.98. The third kappa shape index (κ3) is 1.35. The van der Waals surface area contributed by atoms with Crippen molar-refractivity contribution in [2.45, 2.75) is 38.2 Å². The summed E-state index contributed by atoms with van der Waals surface area (Å²) in [5, 5.41) is 10.0. The first-order valence-corrected chi connectivity index (χ1v) is 5.14. The quantitative estimate of drug-likeness (QED) is 0.687. The third-order valence-electron chi connectivity index (χ3n) is 3.48. The van der Waals surface area contributed by atoms with Gasteiger partial charge in [0.2, 0.25) is 0 Å². The summed E-state index contributed by atoms with van der Waals surface area (Å²) in [4.78, 5) is 13.5. The first-order chi connectivity index (χ1) is 6.12. The zero-order chi connectivity index (χ0) is 9.47. The second kappa shape index (κ2) is 2.98. The van der Waals surface area contributed by atoms with Gasteiger partial charge in [0.25, 0.3) is 5.91 Å². The number of rotatable bonds is 2. The fourth-order valence-electron chi connectivity index (χ4n) is 1.98. The lowest BCUT2D eigenvalue weighted by Gasteiger charge is -2.43. The molecule has 74 valence electrons. The highest BCUT2D eigenvalue weighted by Crippen LogP contribution is 2.37. The predicted octanol–water partition coefficient (Wildman–Crippen LogP) is 0.770. The summed E-state index contributed by atoms with van der Waals surface area (Å²) in [6, 6.07) is 0. The third-order valence-corrected chi connectivity index (χ3v) is 3.48. The lowest BCUT2D eigenvalue weighted by molar-refractivity contribution is -0.162. The molecule has 1 amide bonds. The van der Waals surface area contributed by atoms with Crippen molar-refractivity contribution < 1.29 is 9.90 Å². The SMILES string of the molecule is CC(O)(C(=O)N1CCC1)C1CCC1. The predicted molar refractivity (Wildman–Crippen MR) is 49.2 cm³/mol. The highest BCUT2D eigenvalue weighted by Gasteiger charge is 2.45. The zero-order valence-corrected chi connectivity index (χ0v) is 8.12. The van der Waals surface area contributed by atoms with Crippen LogP contribution in [0.2, 0.25) is 0 Å². The van der Waals surface area contributed by atoms with E-state index in [0.717, 1.165) is 38.8 Å². The van der Waals surface area contributed by atoms with Crippen molar-refractivity contribution in [1.29, 1.82) is 0 Å². The van der Waals surface area contributed by atoms with Crippen molar-refractivity contribution in [3.63, 3.8) is 0 Å². The summed E-state index contributed by atoms with van der Waals surface area (Å²) in [7, 11) is 0. The standard InChI is InChI=1S/C10H17NO2/c1-10(13,8-4-2-5-8)9(12)11-6-3-7-11/h8,13H,2-7H2,1H3. The number of likely N-dealkylation sites (tertiary alicyclic amines) is 1. The van der Waals surface area contributed by atoms with Crippen LogP contribution in [0, 0.1) is 5.92 Å². The summed E-state index contributed by atoms with van der Waals surface area (Å²) in [6.45, 7) is 3.35. The number of nitrogens with zero attached hydrogens (tertiary/aromatic N) is 1. The average molecular weight is 183 g/mol. The second-order valence-corrected chi connectivity index (χ2v) is 4.42. The van der Waals surface area contributed by atoms with E-state index < -0.39 is 5.60 Å². The average Bonchev–Trinajstić information content (AvgIpc) is 1.77. The van der Waals surface area contributed by atoms with E-state index in [-0.39, 0.29) is 11.8 Å². The molecule has 0 bridgehead atoms. The fraction of sp³-hybridized carbons (Fsp3) is 0.900.